The lowest BCUT2D eigenvalue weighted by Gasteiger charge is -2.07. The molecule has 0 radical (unpaired) electrons. The molecule has 0 aliphatic rings. The van der Waals surface area contributed by atoms with E-state index in [-0.39, 0.29) is 5.82 Å². The van der Waals surface area contributed by atoms with Crippen LogP contribution in [0.4, 0.5) is 4.39 Å². The smallest absolute Gasteiger partial charge is 0.160 e. The Morgan fingerprint density at radius 1 is 1.39 bits per heavy atom. The summed E-state index contributed by atoms with van der Waals surface area (Å²) < 4.78 is 13.0. The van der Waals surface area contributed by atoms with Gasteiger partial charge in [-0.05, 0) is 32.2 Å². The average Bonchev–Trinajstić information content (AvgIpc) is 2.32. The Morgan fingerprint density at radius 3 is 2.78 bits per heavy atom. The minimum atomic E-state index is -0.368. The highest BCUT2D eigenvalue weighted by Gasteiger charge is 2.09. The van der Waals surface area contributed by atoms with Crippen LogP contribution in [-0.4, -0.2) is 17.0 Å². The third kappa shape index (κ3) is 2.66. The minimum absolute atomic E-state index is 0.316. The molecule has 1 heterocycles. The number of nitrogens with one attached hydrogen (secondary N) is 1. The molecule has 0 saturated carbocycles. The number of hydrogen-bond acceptors (Lipinski definition) is 3. The topological polar surface area (TPSA) is 37.8 Å². The molecule has 1 N–H and O–H groups in total. The van der Waals surface area contributed by atoms with Crippen LogP contribution < -0.4 is 5.32 Å². The van der Waals surface area contributed by atoms with E-state index in [1.54, 1.807) is 12.3 Å². The largest absolute Gasteiger partial charge is 0.316 e. The molecule has 1 aromatic carbocycles. The first-order chi connectivity index (χ1) is 8.61. The zero-order chi connectivity index (χ0) is 13.1. The van der Waals surface area contributed by atoms with E-state index in [0.29, 0.717) is 23.0 Å². The summed E-state index contributed by atoms with van der Waals surface area (Å²) in [4.78, 5) is 8.66. The fraction of sp³-hybridized carbons (Fsp3) is 0.231. The second kappa shape index (κ2) is 5.42. The number of rotatable bonds is 3. The molecule has 94 valence electrons. The molecule has 0 unspecified atom stereocenters. The summed E-state index contributed by atoms with van der Waals surface area (Å²) in [5.41, 5.74) is 2.55. The van der Waals surface area contributed by atoms with E-state index in [0.717, 1.165) is 11.3 Å². The summed E-state index contributed by atoms with van der Waals surface area (Å²) in [5.74, 6) is 0.143. The van der Waals surface area contributed by atoms with Crippen LogP contribution in [0.25, 0.3) is 11.4 Å². The number of hydrogen-bond donors (Lipinski definition) is 1. The van der Waals surface area contributed by atoms with Crippen LogP contribution in [0.1, 0.15) is 11.3 Å². The first-order valence-corrected chi connectivity index (χ1v) is 5.92. The number of nitrogens with zero attached hydrogens (tertiary/aromatic N) is 2. The van der Waals surface area contributed by atoms with E-state index >= 15 is 0 Å². The van der Waals surface area contributed by atoms with Crippen LogP contribution >= 0.6 is 11.6 Å². The summed E-state index contributed by atoms with van der Waals surface area (Å²) in [7, 11) is 1.87. The highest BCUT2D eigenvalue weighted by Crippen LogP contribution is 2.26. The van der Waals surface area contributed by atoms with Crippen molar-refractivity contribution >= 4 is 11.6 Å². The van der Waals surface area contributed by atoms with Crippen molar-refractivity contribution in [1.82, 2.24) is 15.3 Å². The first kappa shape index (κ1) is 12.9. The van der Waals surface area contributed by atoms with Gasteiger partial charge in [-0.3, -0.25) is 0 Å². The van der Waals surface area contributed by atoms with E-state index < -0.39 is 0 Å². The van der Waals surface area contributed by atoms with E-state index in [2.05, 4.69) is 15.3 Å². The number of aromatic nitrogens is 2. The second-order valence-electron chi connectivity index (χ2n) is 3.96. The number of halogens is 2. The van der Waals surface area contributed by atoms with Gasteiger partial charge in [-0.1, -0.05) is 11.6 Å². The molecule has 2 rings (SSSR count). The maximum absolute atomic E-state index is 13.0. The lowest BCUT2D eigenvalue weighted by Crippen LogP contribution is -2.08. The molecule has 0 amide bonds. The van der Waals surface area contributed by atoms with Crippen molar-refractivity contribution in [1.29, 1.82) is 0 Å². The molecule has 0 saturated heterocycles. The van der Waals surface area contributed by atoms with Gasteiger partial charge in [-0.15, -0.1) is 0 Å². The molecule has 0 spiro atoms. The third-order valence-corrected chi connectivity index (χ3v) is 2.93. The third-order valence-electron chi connectivity index (χ3n) is 2.62. The Kier molecular flexibility index (Phi) is 3.89. The maximum Gasteiger partial charge on any atom is 0.160 e. The Labute approximate surface area is 110 Å². The quantitative estimate of drug-likeness (QED) is 0.927. The summed E-state index contributed by atoms with van der Waals surface area (Å²) in [6.07, 6.45) is 1.76. The van der Waals surface area contributed by atoms with Gasteiger partial charge in [0, 0.05) is 29.6 Å². The predicted molar refractivity (Wildman–Crippen MR) is 69.9 cm³/mol. The van der Waals surface area contributed by atoms with Crippen molar-refractivity contribution in [3.05, 3.63) is 46.5 Å². The molecule has 0 aliphatic carbocycles. The van der Waals surface area contributed by atoms with E-state index in [4.69, 9.17) is 11.6 Å². The highest BCUT2D eigenvalue weighted by molar-refractivity contribution is 6.33. The molecule has 1 aromatic heterocycles. The lowest BCUT2D eigenvalue weighted by atomic mass is 10.2. The fourth-order valence-electron chi connectivity index (χ4n) is 1.66. The van der Waals surface area contributed by atoms with Gasteiger partial charge in [-0.2, -0.15) is 0 Å². The summed E-state index contributed by atoms with van der Waals surface area (Å²) in [5, 5.41) is 3.36. The van der Waals surface area contributed by atoms with Crippen LogP contribution in [0, 0.1) is 12.7 Å². The van der Waals surface area contributed by atoms with Gasteiger partial charge in [0.25, 0.3) is 0 Å². The van der Waals surface area contributed by atoms with Crippen LogP contribution in [0.5, 0.6) is 0 Å². The molecular formula is C13H13ClFN3. The van der Waals surface area contributed by atoms with Crippen LogP contribution in [0.2, 0.25) is 5.02 Å². The number of aryl methyl sites for hydroxylation is 1. The van der Waals surface area contributed by atoms with Crippen LogP contribution in [0.15, 0.2) is 24.4 Å². The zero-order valence-corrected chi connectivity index (χ0v) is 10.9. The predicted octanol–water partition coefficient (Wildman–Crippen LogP) is 2.96. The van der Waals surface area contributed by atoms with Gasteiger partial charge in [0.2, 0.25) is 0 Å². The van der Waals surface area contributed by atoms with Gasteiger partial charge in [0.15, 0.2) is 5.82 Å². The van der Waals surface area contributed by atoms with Crippen molar-refractivity contribution in [3.8, 4) is 11.4 Å². The van der Waals surface area contributed by atoms with Crippen molar-refractivity contribution in [3.63, 3.8) is 0 Å². The second-order valence-corrected chi connectivity index (χ2v) is 4.37. The molecule has 2 aromatic rings. The Bertz CT molecular complexity index is 572. The minimum Gasteiger partial charge on any atom is -0.316 e. The van der Waals surface area contributed by atoms with Gasteiger partial charge >= 0.3 is 0 Å². The monoisotopic (exact) mass is 265 g/mol. The van der Waals surface area contributed by atoms with E-state index in [9.17, 15) is 4.39 Å². The van der Waals surface area contributed by atoms with Crippen molar-refractivity contribution in [2.24, 2.45) is 0 Å². The summed E-state index contributed by atoms with van der Waals surface area (Å²) in [6, 6.07) is 4.20. The summed E-state index contributed by atoms with van der Waals surface area (Å²) in [6.45, 7) is 2.62. The molecule has 3 nitrogen and oxygen atoms in total. The standard InChI is InChI=1S/C13H13ClFN3/c1-8-9(6-16-2)7-17-13(18-8)11-4-3-10(15)5-12(11)14/h3-5,7,16H,6H2,1-2H3. The Hall–Kier alpha value is -1.52. The van der Waals surface area contributed by atoms with Crippen molar-refractivity contribution < 1.29 is 4.39 Å². The van der Waals surface area contributed by atoms with Gasteiger partial charge in [-0.25, -0.2) is 14.4 Å². The molecule has 0 bridgehead atoms. The van der Waals surface area contributed by atoms with Gasteiger partial charge < -0.3 is 5.32 Å². The highest BCUT2D eigenvalue weighted by atomic mass is 35.5. The van der Waals surface area contributed by atoms with E-state index in [1.807, 2.05) is 14.0 Å². The zero-order valence-electron chi connectivity index (χ0n) is 10.2. The van der Waals surface area contributed by atoms with Gasteiger partial charge in [0.05, 0.1) is 5.02 Å². The van der Waals surface area contributed by atoms with Crippen LogP contribution in [0.3, 0.4) is 0 Å². The lowest BCUT2D eigenvalue weighted by molar-refractivity contribution is 0.628. The van der Waals surface area contributed by atoms with E-state index in [1.165, 1.54) is 12.1 Å². The number of benzene rings is 1. The molecule has 0 atom stereocenters. The Morgan fingerprint density at radius 2 is 2.17 bits per heavy atom. The fourth-order valence-corrected chi connectivity index (χ4v) is 1.91. The maximum atomic E-state index is 13.0. The SMILES string of the molecule is CNCc1cnc(-c2ccc(F)cc2Cl)nc1C. The average molecular weight is 266 g/mol. The Balaban J connectivity index is 2.42. The molecule has 18 heavy (non-hydrogen) atoms. The molecule has 0 aliphatic heterocycles. The normalized spacial score (nSPS) is 10.7. The van der Waals surface area contributed by atoms with Crippen LogP contribution in [-0.2, 0) is 6.54 Å². The summed E-state index contributed by atoms with van der Waals surface area (Å²) >= 11 is 5.98. The molecule has 0 fully saturated rings. The van der Waals surface area contributed by atoms with Crippen molar-refractivity contribution in [2.45, 2.75) is 13.5 Å². The van der Waals surface area contributed by atoms with Gasteiger partial charge in [0.1, 0.15) is 5.82 Å². The van der Waals surface area contributed by atoms with Crippen molar-refractivity contribution in [2.75, 3.05) is 7.05 Å². The first-order valence-electron chi connectivity index (χ1n) is 5.54. The molecular weight excluding hydrogens is 253 g/mol. The molecule has 5 heteroatoms.